The first-order valence-corrected chi connectivity index (χ1v) is 6.94. The zero-order valence-electron chi connectivity index (χ0n) is 12.6. The molecule has 0 amide bonds. The first-order valence-electron chi connectivity index (χ1n) is 6.94. The number of aryl methyl sites for hydroxylation is 1. The SMILES string of the molecule is C[C@@H]1CN(c2nc3c([nH]2)c(=O)n(C)c(=O)n3C)C[C@@H](C)O1. The maximum Gasteiger partial charge on any atom is 0.332 e. The summed E-state index contributed by atoms with van der Waals surface area (Å²) in [7, 11) is 3.07. The second kappa shape index (κ2) is 4.73. The van der Waals surface area contributed by atoms with Gasteiger partial charge in [0.1, 0.15) is 0 Å². The van der Waals surface area contributed by atoms with Crippen LogP contribution in [-0.2, 0) is 18.8 Å². The smallest absolute Gasteiger partial charge is 0.332 e. The number of hydrogen-bond acceptors (Lipinski definition) is 5. The summed E-state index contributed by atoms with van der Waals surface area (Å²) in [4.78, 5) is 33.6. The summed E-state index contributed by atoms with van der Waals surface area (Å²) >= 11 is 0. The van der Waals surface area contributed by atoms with E-state index in [2.05, 4.69) is 9.97 Å². The van der Waals surface area contributed by atoms with Gasteiger partial charge in [-0.3, -0.25) is 13.9 Å². The van der Waals surface area contributed by atoms with Crippen LogP contribution >= 0.6 is 0 Å². The van der Waals surface area contributed by atoms with E-state index in [1.807, 2.05) is 18.7 Å². The van der Waals surface area contributed by atoms with Crippen LogP contribution in [0.1, 0.15) is 13.8 Å². The summed E-state index contributed by atoms with van der Waals surface area (Å²) in [6.07, 6.45) is 0.183. The highest BCUT2D eigenvalue weighted by Gasteiger charge is 2.25. The van der Waals surface area contributed by atoms with E-state index in [0.717, 1.165) is 4.57 Å². The molecule has 0 bridgehead atoms. The first-order chi connectivity index (χ1) is 9.88. The van der Waals surface area contributed by atoms with E-state index >= 15 is 0 Å². The van der Waals surface area contributed by atoms with Crippen molar-refractivity contribution in [2.24, 2.45) is 14.1 Å². The molecule has 0 radical (unpaired) electrons. The Morgan fingerprint density at radius 2 is 1.76 bits per heavy atom. The molecular weight excluding hydrogens is 274 g/mol. The Kier molecular flexibility index (Phi) is 3.12. The first kappa shape index (κ1) is 13.9. The lowest BCUT2D eigenvalue weighted by molar-refractivity contribution is -0.00566. The summed E-state index contributed by atoms with van der Waals surface area (Å²) in [5.74, 6) is 0.602. The zero-order valence-corrected chi connectivity index (χ0v) is 12.6. The lowest BCUT2D eigenvalue weighted by Crippen LogP contribution is -2.46. The third kappa shape index (κ3) is 2.15. The predicted molar refractivity (Wildman–Crippen MR) is 78.8 cm³/mol. The molecule has 1 aliphatic heterocycles. The molecule has 0 saturated carbocycles. The van der Waals surface area contributed by atoms with Gasteiger partial charge < -0.3 is 14.6 Å². The van der Waals surface area contributed by atoms with Crippen LogP contribution in [0, 0.1) is 0 Å². The van der Waals surface area contributed by atoms with Gasteiger partial charge >= 0.3 is 5.69 Å². The Labute approximate surface area is 121 Å². The molecule has 2 aromatic heterocycles. The van der Waals surface area contributed by atoms with Gasteiger partial charge in [-0.15, -0.1) is 0 Å². The fraction of sp³-hybridized carbons (Fsp3) is 0.615. The van der Waals surface area contributed by atoms with Crippen LogP contribution in [0.2, 0.25) is 0 Å². The van der Waals surface area contributed by atoms with E-state index in [1.54, 1.807) is 7.05 Å². The number of fused-ring (bicyclic) bond motifs is 1. The van der Waals surface area contributed by atoms with Crippen LogP contribution in [0.15, 0.2) is 9.59 Å². The summed E-state index contributed by atoms with van der Waals surface area (Å²) < 4.78 is 8.15. The molecule has 0 spiro atoms. The average Bonchev–Trinajstić information content (AvgIpc) is 2.87. The van der Waals surface area contributed by atoms with Gasteiger partial charge in [-0.05, 0) is 13.8 Å². The molecule has 0 aliphatic carbocycles. The predicted octanol–water partition coefficient (Wildman–Crippen LogP) is -0.426. The van der Waals surface area contributed by atoms with Crippen molar-refractivity contribution in [3.8, 4) is 0 Å². The minimum absolute atomic E-state index is 0.0913. The molecule has 2 atom stereocenters. The molecule has 1 N–H and O–H groups in total. The van der Waals surface area contributed by atoms with Crippen molar-refractivity contribution >= 4 is 17.1 Å². The minimum atomic E-state index is -0.380. The number of morpholine rings is 1. The van der Waals surface area contributed by atoms with Crippen molar-refractivity contribution in [2.75, 3.05) is 18.0 Å². The van der Waals surface area contributed by atoms with Crippen molar-refractivity contribution in [3.05, 3.63) is 20.8 Å². The number of anilines is 1. The highest BCUT2D eigenvalue weighted by Crippen LogP contribution is 2.19. The van der Waals surface area contributed by atoms with E-state index in [1.165, 1.54) is 11.6 Å². The second-order valence-electron chi connectivity index (χ2n) is 5.63. The van der Waals surface area contributed by atoms with Gasteiger partial charge in [0.05, 0.1) is 12.2 Å². The number of rotatable bonds is 1. The standard InChI is InChI=1S/C13H19N5O3/c1-7-5-18(6-8(2)21-7)12-14-9-10(15-12)16(3)13(20)17(4)11(9)19/h7-8H,5-6H2,1-4H3,(H,14,15)/t7-,8-/m1/s1. The van der Waals surface area contributed by atoms with Crippen LogP contribution in [0.25, 0.3) is 11.2 Å². The highest BCUT2D eigenvalue weighted by molar-refractivity contribution is 5.73. The Hall–Kier alpha value is -2.09. The Bertz CT molecular complexity index is 792. The van der Waals surface area contributed by atoms with Crippen molar-refractivity contribution in [1.29, 1.82) is 0 Å². The number of ether oxygens (including phenoxy) is 1. The van der Waals surface area contributed by atoms with Gasteiger partial charge in [0.2, 0.25) is 5.95 Å². The van der Waals surface area contributed by atoms with Gasteiger partial charge in [0.15, 0.2) is 11.2 Å². The maximum absolute atomic E-state index is 12.2. The minimum Gasteiger partial charge on any atom is -0.372 e. The van der Waals surface area contributed by atoms with Gasteiger partial charge in [-0.25, -0.2) is 4.79 Å². The number of hydrogen-bond donors (Lipinski definition) is 1. The number of aromatic nitrogens is 4. The monoisotopic (exact) mass is 293 g/mol. The summed E-state index contributed by atoms with van der Waals surface area (Å²) in [6.45, 7) is 5.39. The molecule has 3 heterocycles. The number of imidazole rings is 1. The van der Waals surface area contributed by atoms with Gasteiger partial charge in [0.25, 0.3) is 5.56 Å². The van der Waals surface area contributed by atoms with Crippen LogP contribution < -0.4 is 16.1 Å². The van der Waals surface area contributed by atoms with Crippen LogP contribution in [0.5, 0.6) is 0 Å². The lowest BCUT2D eigenvalue weighted by atomic mass is 10.2. The van der Waals surface area contributed by atoms with E-state index in [9.17, 15) is 9.59 Å². The van der Waals surface area contributed by atoms with Crippen molar-refractivity contribution in [1.82, 2.24) is 19.1 Å². The van der Waals surface area contributed by atoms with Crippen molar-refractivity contribution < 1.29 is 4.74 Å². The number of aromatic amines is 1. The Morgan fingerprint density at radius 3 is 2.38 bits per heavy atom. The largest absolute Gasteiger partial charge is 0.372 e. The van der Waals surface area contributed by atoms with E-state index < -0.39 is 0 Å². The number of nitrogens with zero attached hydrogens (tertiary/aromatic N) is 4. The molecule has 0 aromatic carbocycles. The van der Waals surface area contributed by atoms with Gasteiger partial charge in [-0.2, -0.15) is 4.98 Å². The number of H-pyrrole nitrogens is 1. The zero-order chi connectivity index (χ0) is 15.3. The second-order valence-corrected chi connectivity index (χ2v) is 5.63. The fourth-order valence-corrected chi connectivity index (χ4v) is 2.81. The number of nitrogens with one attached hydrogen (secondary N) is 1. The molecule has 1 fully saturated rings. The van der Waals surface area contributed by atoms with Crippen molar-refractivity contribution in [3.63, 3.8) is 0 Å². The maximum atomic E-state index is 12.2. The molecule has 21 heavy (non-hydrogen) atoms. The van der Waals surface area contributed by atoms with E-state index in [-0.39, 0.29) is 23.5 Å². The highest BCUT2D eigenvalue weighted by atomic mass is 16.5. The topological polar surface area (TPSA) is 85.2 Å². The molecule has 3 rings (SSSR count). The summed E-state index contributed by atoms with van der Waals surface area (Å²) in [6, 6.07) is 0. The average molecular weight is 293 g/mol. The fourth-order valence-electron chi connectivity index (χ4n) is 2.81. The molecule has 1 saturated heterocycles. The summed E-state index contributed by atoms with van der Waals surface area (Å²) in [5.41, 5.74) is -0.0123. The van der Waals surface area contributed by atoms with Crippen LogP contribution in [0.3, 0.4) is 0 Å². The Balaban J connectivity index is 2.14. The molecule has 8 heteroatoms. The van der Waals surface area contributed by atoms with Crippen LogP contribution in [-0.4, -0.2) is 44.4 Å². The van der Waals surface area contributed by atoms with Gasteiger partial charge in [-0.1, -0.05) is 0 Å². The van der Waals surface area contributed by atoms with E-state index in [0.29, 0.717) is 30.2 Å². The normalized spacial score (nSPS) is 23.0. The third-order valence-corrected chi connectivity index (χ3v) is 3.80. The Morgan fingerprint density at radius 1 is 1.14 bits per heavy atom. The molecule has 8 nitrogen and oxygen atoms in total. The molecule has 114 valence electrons. The third-order valence-electron chi connectivity index (χ3n) is 3.80. The molecule has 0 unspecified atom stereocenters. The quantitative estimate of drug-likeness (QED) is 0.771. The lowest BCUT2D eigenvalue weighted by Gasteiger charge is -2.35. The molecular formula is C13H19N5O3. The van der Waals surface area contributed by atoms with Crippen molar-refractivity contribution in [2.45, 2.75) is 26.1 Å². The molecule has 1 aliphatic rings. The molecule has 2 aromatic rings. The van der Waals surface area contributed by atoms with E-state index in [4.69, 9.17) is 4.74 Å². The van der Waals surface area contributed by atoms with Gasteiger partial charge in [0, 0.05) is 27.2 Å². The summed E-state index contributed by atoms with van der Waals surface area (Å²) in [5, 5.41) is 0. The van der Waals surface area contributed by atoms with Crippen LogP contribution in [0.4, 0.5) is 5.95 Å².